The highest BCUT2D eigenvalue weighted by molar-refractivity contribution is 5.94. The number of nitrogens with two attached hydrogens (primary N) is 1. The zero-order chi connectivity index (χ0) is 16.5. The van der Waals surface area contributed by atoms with Crippen LogP contribution in [0.3, 0.4) is 0 Å². The summed E-state index contributed by atoms with van der Waals surface area (Å²) in [4.78, 5) is 12.4. The van der Waals surface area contributed by atoms with Crippen LogP contribution in [-0.4, -0.2) is 11.4 Å². The molecule has 0 spiro atoms. The van der Waals surface area contributed by atoms with Crippen LogP contribution in [0.5, 0.6) is 0 Å². The van der Waals surface area contributed by atoms with Gasteiger partial charge in [0, 0.05) is 11.2 Å². The van der Waals surface area contributed by atoms with E-state index in [1.54, 1.807) is 0 Å². The number of benzene rings is 1. The summed E-state index contributed by atoms with van der Waals surface area (Å²) < 4.78 is 38.7. The van der Waals surface area contributed by atoms with Gasteiger partial charge < -0.3 is 11.1 Å². The molecule has 2 unspecified atom stereocenters. The van der Waals surface area contributed by atoms with E-state index in [9.17, 15) is 18.0 Å². The highest BCUT2D eigenvalue weighted by atomic mass is 35.5. The largest absolute Gasteiger partial charge is 0.416 e. The van der Waals surface area contributed by atoms with Crippen molar-refractivity contribution in [2.45, 2.75) is 51.2 Å². The van der Waals surface area contributed by atoms with Crippen LogP contribution in [0.2, 0.25) is 0 Å². The van der Waals surface area contributed by atoms with E-state index in [1.807, 2.05) is 6.92 Å². The van der Waals surface area contributed by atoms with Gasteiger partial charge in [0.2, 0.25) is 5.91 Å². The van der Waals surface area contributed by atoms with Crippen molar-refractivity contribution in [2.24, 2.45) is 11.7 Å². The Balaban J connectivity index is 0.00000264. The molecule has 1 aliphatic rings. The molecule has 130 valence electrons. The van der Waals surface area contributed by atoms with E-state index in [-0.39, 0.29) is 35.5 Å². The SMILES string of the molecule is Cc1c(NC(=O)C2CCCCC2(C)N)cccc1C(F)(F)F.Cl. The van der Waals surface area contributed by atoms with Crippen molar-refractivity contribution in [3.05, 3.63) is 29.3 Å². The Morgan fingerprint density at radius 2 is 2.00 bits per heavy atom. The molecule has 1 fully saturated rings. The molecule has 0 bridgehead atoms. The summed E-state index contributed by atoms with van der Waals surface area (Å²) >= 11 is 0. The molecule has 0 saturated heterocycles. The number of nitrogens with one attached hydrogen (secondary N) is 1. The van der Waals surface area contributed by atoms with Crippen molar-refractivity contribution in [3.8, 4) is 0 Å². The molecule has 1 aromatic carbocycles. The zero-order valence-corrected chi connectivity index (χ0v) is 14.0. The number of carbonyl (C=O) groups excluding carboxylic acids is 1. The number of alkyl halides is 3. The van der Waals surface area contributed by atoms with E-state index >= 15 is 0 Å². The number of anilines is 1. The van der Waals surface area contributed by atoms with E-state index < -0.39 is 17.3 Å². The van der Waals surface area contributed by atoms with E-state index in [2.05, 4.69) is 5.32 Å². The van der Waals surface area contributed by atoms with Crippen molar-refractivity contribution in [1.82, 2.24) is 0 Å². The van der Waals surface area contributed by atoms with Gasteiger partial charge in [0.15, 0.2) is 0 Å². The number of halogens is 4. The number of hydrogen-bond donors (Lipinski definition) is 2. The summed E-state index contributed by atoms with van der Waals surface area (Å²) in [7, 11) is 0. The molecule has 3 nitrogen and oxygen atoms in total. The van der Waals surface area contributed by atoms with Crippen LogP contribution >= 0.6 is 12.4 Å². The standard InChI is InChI=1S/C16H21F3N2O.ClH/c1-10-11(16(17,18)19)7-5-8-13(10)21-14(22)12-6-3-4-9-15(12,2)20;/h5,7-8,12H,3-4,6,9,20H2,1-2H3,(H,21,22);1H. The molecular formula is C16H22ClF3N2O. The molecule has 1 aromatic rings. The number of hydrogen-bond acceptors (Lipinski definition) is 2. The van der Waals surface area contributed by atoms with Gasteiger partial charge >= 0.3 is 6.18 Å². The number of rotatable bonds is 2. The van der Waals surface area contributed by atoms with Gasteiger partial charge in [0.25, 0.3) is 0 Å². The summed E-state index contributed by atoms with van der Waals surface area (Å²) in [5.41, 5.74) is 5.05. The topological polar surface area (TPSA) is 55.1 Å². The van der Waals surface area contributed by atoms with Crippen LogP contribution in [0.15, 0.2) is 18.2 Å². The first kappa shape index (κ1) is 19.8. The van der Waals surface area contributed by atoms with Crippen LogP contribution in [0.25, 0.3) is 0 Å². The van der Waals surface area contributed by atoms with Gasteiger partial charge in [-0.05, 0) is 44.4 Å². The van der Waals surface area contributed by atoms with Gasteiger partial charge in [0.05, 0.1) is 11.5 Å². The van der Waals surface area contributed by atoms with Gasteiger partial charge in [-0.2, -0.15) is 13.2 Å². The van der Waals surface area contributed by atoms with E-state index in [0.717, 1.165) is 25.3 Å². The Kier molecular flexibility index (Phi) is 6.10. The third kappa shape index (κ3) is 4.38. The van der Waals surface area contributed by atoms with Crippen molar-refractivity contribution >= 4 is 24.0 Å². The lowest BCUT2D eigenvalue weighted by Crippen LogP contribution is -2.51. The second-order valence-electron chi connectivity index (χ2n) is 6.27. The second kappa shape index (κ2) is 7.09. The van der Waals surface area contributed by atoms with Crippen LogP contribution in [-0.2, 0) is 11.0 Å². The fourth-order valence-electron chi connectivity index (χ4n) is 3.09. The molecular weight excluding hydrogens is 329 g/mol. The summed E-state index contributed by atoms with van der Waals surface area (Å²) in [5, 5.41) is 2.63. The van der Waals surface area contributed by atoms with Gasteiger partial charge in [-0.25, -0.2) is 0 Å². The van der Waals surface area contributed by atoms with Gasteiger partial charge in [-0.1, -0.05) is 18.9 Å². The van der Waals surface area contributed by atoms with Crippen molar-refractivity contribution < 1.29 is 18.0 Å². The Hall–Kier alpha value is -1.27. The molecule has 7 heteroatoms. The average Bonchev–Trinajstić information content (AvgIpc) is 2.39. The van der Waals surface area contributed by atoms with E-state index in [4.69, 9.17) is 5.73 Å². The molecule has 0 aromatic heterocycles. The minimum atomic E-state index is -4.43. The smallest absolute Gasteiger partial charge is 0.326 e. The number of amides is 1. The molecule has 0 aliphatic heterocycles. The predicted octanol–water partition coefficient (Wildman–Crippen LogP) is 4.28. The lowest BCUT2D eigenvalue weighted by Gasteiger charge is -2.37. The molecule has 1 aliphatic carbocycles. The molecule has 0 radical (unpaired) electrons. The Morgan fingerprint density at radius 1 is 1.35 bits per heavy atom. The molecule has 3 N–H and O–H groups in total. The first-order chi connectivity index (χ1) is 10.1. The average molecular weight is 351 g/mol. The third-order valence-corrected chi connectivity index (χ3v) is 4.47. The summed E-state index contributed by atoms with van der Waals surface area (Å²) in [6.07, 6.45) is -1.15. The highest BCUT2D eigenvalue weighted by Crippen LogP contribution is 2.36. The molecule has 23 heavy (non-hydrogen) atoms. The van der Waals surface area contributed by atoms with Gasteiger partial charge in [-0.15, -0.1) is 12.4 Å². The predicted molar refractivity (Wildman–Crippen MR) is 86.6 cm³/mol. The molecule has 1 amide bonds. The maximum absolute atomic E-state index is 12.9. The van der Waals surface area contributed by atoms with E-state index in [1.165, 1.54) is 19.1 Å². The lowest BCUT2D eigenvalue weighted by atomic mass is 9.74. The fourth-order valence-corrected chi connectivity index (χ4v) is 3.09. The quantitative estimate of drug-likeness (QED) is 0.836. The lowest BCUT2D eigenvalue weighted by molar-refractivity contribution is -0.138. The first-order valence-corrected chi connectivity index (χ1v) is 7.39. The van der Waals surface area contributed by atoms with Crippen molar-refractivity contribution in [3.63, 3.8) is 0 Å². The van der Waals surface area contributed by atoms with Gasteiger partial charge in [0.1, 0.15) is 0 Å². The maximum Gasteiger partial charge on any atom is 0.416 e. The zero-order valence-electron chi connectivity index (χ0n) is 13.2. The monoisotopic (exact) mass is 350 g/mol. The summed E-state index contributed by atoms with van der Waals surface area (Å²) in [6, 6.07) is 3.80. The van der Waals surface area contributed by atoms with Crippen molar-refractivity contribution in [2.75, 3.05) is 5.32 Å². The van der Waals surface area contributed by atoms with Crippen molar-refractivity contribution in [1.29, 1.82) is 0 Å². The molecule has 2 atom stereocenters. The third-order valence-electron chi connectivity index (χ3n) is 4.47. The Labute approximate surface area is 140 Å². The normalized spacial score (nSPS) is 24.7. The molecule has 0 heterocycles. The number of carbonyl (C=O) groups is 1. The summed E-state index contributed by atoms with van der Waals surface area (Å²) in [5.74, 6) is -0.678. The van der Waals surface area contributed by atoms with Crippen LogP contribution in [0.4, 0.5) is 18.9 Å². The van der Waals surface area contributed by atoms with Crippen LogP contribution in [0.1, 0.15) is 43.7 Å². The second-order valence-corrected chi connectivity index (χ2v) is 6.27. The summed E-state index contributed by atoms with van der Waals surface area (Å²) in [6.45, 7) is 3.19. The van der Waals surface area contributed by atoms with Crippen LogP contribution in [0, 0.1) is 12.8 Å². The van der Waals surface area contributed by atoms with Gasteiger partial charge in [-0.3, -0.25) is 4.79 Å². The Bertz CT molecular complexity index is 573. The molecule has 2 rings (SSSR count). The molecule has 1 saturated carbocycles. The van der Waals surface area contributed by atoms with E-state index in [0.29, 0.717) is 6.42 Å². The van der Waals surface area contributed by atoms with Crippen LogP contribution < -0.4 is 11.1 Å². The maximum atomic E-state index is 12.9. The minimum Gasteiger partial charge on any atom is -0.326 e. The Morgan fingerprint density at radius 3 is 2.57 bits per heavy atom. The fraction of sp³-hybridized carbons (Fsp3) is 0.562. The first-order valence-electron chi connectivity index (χ1n) is 7.39. The minimum absolute atomic E-state index is 0. The highest BCUT2D eigenvalue weighted by Gasteiger charge is 2.38.